The first-order valence-corrected chi connectivity index (χ1v) is 7.27. The molecule has 0 radical (unpaired) electrons. The average Bonchev–Trinajstić information content (AvgIpc) is 2.90. The van der Waals surface area contributed by atoms with E-state index in [-0.39, 0.29) is 5.88 Å². The van der Waals surface area contributed by atoms with Crippen LogP contribution in [-0.4, -0.2) is 26.8 Å². The third-order valence-corrected chi connectivity index (χ3v) is 3.96. The van der Waals surface area contributed by atoms with Gasteiger partial charge in [-0.1, -0.05) is 0 Å². The highest BCUT2D eigenvalue weighted by Crippen LogP contribution is 2.33. The number of hydrogen-bond donors (Lipinski definition) is 1. The molecule has 0 saturated carbocycles. The molecule has 0 fully saturated rings. The van der Waals surface area contributed by atoms with E-state index in [0.29, 0.717) is 5.75 Å². The van der Waals surface area contributed by atoms with Crippen LogP contribution in [0.2, 0.25) is 0 Å². The van der Waals surface area contributed by atoms with Crippen molar-refractivity contribution in [3.63, 3.8) is 0 Å². The Morgan fingerprint density at radius 1 is 1.09 bits per heavy atom. The molecule has 4 rings (SSSR count). The maximum atomic E-state index is 10.6. The lowest BCUT2D eigenvalue weighted by atomic mass is 10.2. The van der Waals surface area contributed by atoms with Gasteiger partial charge in [-0.2, -0.15) is 0 Å². The molecule has 4 aromatic rings. The minimum absolute atomic E-state index is 0.186. The zero-order valence-electron chi connectivity index (χ0n) is 12.8. The molecule has 0 aliphatic carbocycles. The van der Waals surface area contributed by atoms with Gasteiger partial charge in [0.2, 0.25) is 5.88 Å². The second kappa shape index (κ2) is 4.98. The molecule has 23 heavy (non-hydrogen) atoms. The van der Waals surface area contributed by atoms with Crippen LogP contribution in [0.4, 0.5) is 0 Å². The SMILES string of the molecule is COc1ccc2cn(-c3ccc4nc(C)ncc4c3)c(O)c2c1. The number of benzene rings is 2. The van der Waals surface area contributed by atoms with Crippen molar-refractivity contribution in [2.24, 2.45) is 0 Å². The molecule has 2 aromatic carbocycles. The van der Waals surface area contributed by atoms with Crippen LogP contribution in [0.15, 0.2) is 48.8 Å². The molecular formula is C18H15N3O2. The van der Waals surface area contributed by atoms with Crippen molar-refractivity contribution < 1.29 is 9.84 Å². The molecule has 0 bridgehead atoms. The van der Waals surface area contributed by atoms with Crippen LogP contribution in [0.1, 0.15) is 5.82 Å². The number of nitrogens with zero attached hydrogens (tertiary/aromatic N) is 3. The van der Waals surface area contributed by atoms with Gasteiger partial charge in [0.1, 0.15) is 11.6 Å². The Hall–Kier alpha value is -3.08. The number of hydrogen-bond acceptors (Lipinski definition) is 4. The van der Waals surface area contributed by atoms with E-state index in [1.54, 1.807) is 17.9 Å². The number of ether oxygens (including phenoxy) is 1. The molecule has 2 aromatic heterocycles. The summed E-state index contributed by atoms with van der Waals surface area (Å²) in [7, 11) is 1.61. The summed E-state index contributed by atoms with van der Waals surface area (Å²) < 4.78 is 6.98. The van der Waals surface area contributed by atoms with E-state index in [1.807, 2.05) is 49.5 Å². The lowest BCUT2D eigenvalue weighted by Gasteiger charge is -2.06. The Morgan fingerprint density at radius 3 is 2.78 bits per heavy atom. The Morgan fingerprint density at radius 2 is 1.96 bits per heavy atom. The van der Waals surface area contributed by atoms with Crippen molar-refractivity contribution in [2.75, 3.05) is 7.11 Å². The summed E-state index contributed by atoms with van der Waals surface area (Å²) in [5.74, 6) is 1.64. The van der Waals surface area contributed by atoms with Gasteiger partial charge >= 0.3 is 0 Å². The maximum absolute atomic E-state index is 10.6. The number of aromatic nitrogens is 3. The van der Waals surface area contributed by atoms with E-state index in [1.165, 1.54) is 0 Å². The fraction of sp³-hybridized carbons (Fsp3) is 0.111. The van der Waals surface area contributed by atoms with Gasteiger partial charge in [-0.3, -0.25) is 4.57 Å². The van der Waals surface area contributed by atoms with Crippen LogP contribution >= 0.6 is 0 Å². The van der Waals surface area contributed by atoms with Crippen LogP contribution < -0.4 is 4.74 Å². The summed E-state index contributed by atoms with van der Waals surface area (Å²) in [6, 6.07) is 11.5. The number of methoxy groups -OCH3 is 1. The highest BCUT2D eigenvalue weighted by Gasteiger charge is 2.11. The molecule has 1 N–H and O–H groups in total. The molecular weight excluding hydrogens is 290 g/mol. The van der Waals surface area contributed by atoms with Gasteiger partial charge in [0.25, 0.3) is 0 Å². The predicted octanol–water partition coefficient (Wildman–Crippen LogP) is 3.60. The van der Waals surface area contributed by atoms with Gasteiger partial charge in [0, 0.05) is 34.2 Å². The van der Waals surface area contributed by atoms with Crippen molar-refractivity contribution in [3.05, 3.63) is 54.6 Å². The van der Waals surface area contributed by atoms with Crippen molar-refractivity contribution in [3.8, 4) is 17.3 Å². The first-order chi connectivity index (χ1) is 11.2. The summed E-state index contributed by atoms with van der Waals surface area (Å²) >= 11 is 0. The molecule has 2 heterocycles. The van der Waals surface area contributed by atoms with Crippen LogP contribution in [0.3, 0.4) is 0 Å². The summed E-state index contributed by atoms with van der Waals surface area (Å²) in [6.45, 7) is 1.87. The van der Waals surface area contributed by atoms with Gasteiger partial charge < -0.3 is 9.84 Å². The van der Waals surface area contributed by atoms with Crippen molar-refractivity contribution >= 4 is 21.7 Å². The molecule has 0 aliphatic rings. The topological polar surface area (TPSA) is 60.2 Å². The molecule has 0 spiro atoms. The minimum atomic E-state index is 0.186. The van der Waals surface area contributed by atoms with E-state index in [2.05, 4.69) is 9.97 Å². The molecule has 0 unspecified atom stereocenters. The Kier molecular flexibility index (Phi) is 2.94. The average molecular weight is 305 g/mol. The van der Waals surface area contributed by atoms with E-state index in [9.17, 15) is 5.11 Å². The number of aryl methyl sites for hydroxylation is 1. The molecule has 0 saturated heterocycles. The summed E-state index contributed by atoms with van der Waals surface area (Å²) in [4.78, 5) is 8.63. The van der Waals surface area contributed by atoms with E-state index < -0.39 is 0 Å². The minimum Gasteiger partial charge on any atom is -0.497 e. The fourth-order valence-corrected chi connectivity index (χ4v) is 2.76. The first kappa shape index (κ1) is 13.6. The Balaban J connectivity index is 1.91. The van der Waals surface area contributed by atoms with Crippen LogP contribution in [-0.2, 0) is 0 Å². The van der Waals surface area contributed by atoms with Gasteiger partial charge in [-0.05, 0) is 43.3 Å². The fourth-order valence-electron chi connectivity index (χ4n) is 2.76. The van der Waals surface area contributed by atoms with Crippen LogP contribution in [0.25, 0.3) is 27.4 Å². The smallest absolute Gasteiger partial charge is 0.203 e. The lowest BCUT2D eigenvalue weighted by molar-refractivity contribution is 0.414. The van der Waals surface area contributed by atoms with Crippen LogP contribution in [0.5, 0.6) is 11.6 Å². The number of aromatic hydroxyl groups is 1. The highest BCUT2D eigenvalue weighted by molar-refractivity contribution is 5.90. The zero-order valence-corrected chi connectivity index (χ0v) is 12.8. The molecule has 114 valence electrons. The van der Waals surface area contributed by atoms with Crippen molar-refractivity contribution in [2.45, 2.75) is 6.92 Å². The van der Waals surface area contributed by atoms with Crippen LogP contribution in [0, 0.1) is 6.92 Å². The molecule has 5 nitrogen and oxygen atoms in total. The Labute approximate surface area is 132 Å². The lowest BCUT2D eigenvalue weighted by Crippen LogP contribution is -1.93. The third-order valence-electron chi connectivity index (χ3n) is 3.96. The van der Waals surface area contributed by atoms with Crippen molar-refractivity contribution in [1.29, 1.82) is 0 Å². The monoisotopic (exact) mass is 305 g/mol. The number of rotatable bonds is 2. The second-order valence-corrected chi connectivity index (χ2v) is 5.44. The van der Waals surface area contributed by atoms with Gasteiger partial charge in [-0.15, -0.1) is 0 Å². The quantitative estimate of drug-likeness (QED) is 0.615. The highest BCUT2D eigenvalue weighted by atomic mass is 16.5. The van der Waals surface area contributed by atoms with E-state index in [0.717, 1.165) is 33.2 Å². The third kappa shape index (κ3) is 2.17. The van der Waals surface area contributed by atoms with E-state index in [4.69, 9.17) is 4.74 Å². The zero-order chi connectivity index (χ0) is 16.0. The van der Waals surface area contributed by atoms with Gasteiger partial charge in [0.15, 0.2) is 0 Å². The molecule has 5 heteroatoms. The maximum Gasteiger partial charge on any atom is 0.203 e. The standard InChI is InChI=1S/C18H15N3O2/c1-11-19-9-13-7-14(4-6-17(13)20-11)21-10-12-3-5-15(23-2)8-16(12)18(21)22/h3-10,22H,1-2H3. The normalized spacial score (nSPS) is 11.2. The summed E-state index contributed by atoms with van der Waals surface area (Å²) in [6.07, 6.45) is 3.70. The summed E-state index contributed by atoms with van der Waals surface area (Å²) in [5, 5.41) is 13.2. The van der Waals surface area contributed by atoms with Gasteiger partial charge in [0.05, 0.1) is 12.6 Å². The number of fused-ring (bicyclic) bond motifs is 2. The molecule has 0 aliphatic heterocycles. The van der Waals surface area contributed by atoms with Crippen molar-refractivity contribution in [1.82, 2.24) is 14.5 Å². The van der Waals surface area contributed by atoms with Gasteiger partial charge in [-0.25, -0.2) is 9.97 Å². The predicted molar refractivity (Wildman–Crippen MR) is 89.3 cm³/mol. The van der Waals surface area contributed by atoms with E-state index >= 15 is 0 Å². The Bertz CT molecular complexity index is 1040. The first-order valence-electron chi connectivity index (χ1n) is 7.27. The summed E-state index contributed by atoms with van der Waals surface area (Å²) in [5.41, 5.74) is 1.75. The second-order valence-electron chi connectivity index (χ2n) is 5.44. The molecule has 0 amide bonds. The largest absolute Gasteiger partial charge is 0.497 e. The molecule has 0 atom stereocenters.